The van der Waals surface area contributed by atoms with Crippen LogP contribution in [0.1, 0.15) is 11.4 Å². The molecule has 0 spiro atoms. The van der Waals surface area contributed by atoms with Crippen LogP contribution in [0.4, 0.5) is 0 Å². The standard InChI is InChI=1S/C19H15Br2NO2/c20-16-8-1-3-10-18(16)23-12-14-6-5-7-15(22-14)13-24-19-11-4-2-9-17(19)21/h1-11H,12-13H2. The van der Waals surface area contributed by atoms with Gasteiger partial charge in [0.1, 0.15) is 24.7 Å². The zero-order valence-corrected chi connectivity index (χ0v) is 16.0. The van der Waals surface area contributed by atoms with E-state index in [0.717, 1.165) is 31.8 Å². The number of pyridine rings is 1. The number of halogens is 2. The fraction of sp³-hybridized carbons (Fsp3) is 0.105. The van der Waals surface area contributed by atoms with E-state index in [4.69, 9.17) is 9.47 Å². The van der Waals surface area contributed by atoms with E-state index in [-0.39, 0.29) is 0 Å². The molecule has 3 aromatic rings. The van der Waals surface area contributed by atoms with E-state index in [9.17, 15) is 0 Å². The van der Waals surface area contributed by atoms with Crippen LogP contribution in [0.15, 0.2) is 75.7 Å². The first kappa shape index (κ1) is 17.0. The number of para-hydroxylation sites is 2. The second-order valence-electron chi connectivity index (χ2n) is 5.06. The van der Waals surface area contributed by atoms with Gasteiger partial charge in [-0.1, -0.05) is 30.3 Å². The summed E-state index contributed by atoms with van der Waals surface area (Å²) in [6.45, 7) is 0.816. The molecule has 0 N–H and O–H groups in total. The third-order valence-electron chi connectivity index (χ3n) is 3.29. The maximum absolute atomic E-state index is 5.80. The summed E-state index contributed by atoms with van der Waals surface area (Å²) in [5.41, 5.74) is 1.72. The van der Waals surface area contributed by atoms with Gasteiger partial charge in [-0.05, 0) is 68.3 Å². The molecule has 0 radical (unpaired) electrons. The minimum atomic E-state index is 0.408. The molecule has 0 bridgehead atoms. The topological polar surface area (TPSA) is 31.4 Å². The quantitative estimate of drug-likeness (QED) is 0.480. The summed E-state index contributed by atoms with van der Waals surface area (Å²) in [4.78, 5) is 4.58. The molecule has 3 nitrogen and oxygen atoms in total. The first-order chi connectivity index (χ1) is 11.7. The molecular formula is C19H15Br2NO2. The fourth-order valence-corrected chi connectivity index (χ4v) is 2.92. The van der Waals surface area contributed by atoms with Crippen molar-refractivity contribution < 1.29 is 9.47 Å². The molecule has 0 aliphatic heterocycles. The monoisotopic (exact) mass is 447 g/mol. The van der Waals surface area contributed by atoms with Gasteiger partial charge in [-0.15, -0.1) is 0 Å². The molecule has 0 aliphatic rings. The molecule has 0 atom stereocenters. The number of hydrogen-bond acceptors (Lipinski definition) is 3. The molecule has 1 aromatic heterocycles. The molecule has 24 heavy (non-hydrogen) atoms. The largest absolute Gasteiger partial charge is 0.486 e. The molecule has 5 heteroatoms. The van der Waals surface area contributed by atoms with Crippen LogP contribution in [0, 0.1) is 0 Å². The Kier molecular flexibility index (Phi) is 5.88. The minimum Gasteiger partial charge on any atom is -0.486 e. The lowest BCUT2D eigenvalue weighted by Crippen LogP contribution is -2.03. The summed E-state index contributed by atoms with van der Waals surface area (Å²) in [7, 11) is 0. The van der Waals surface area contributed by atoms with Crippen molar-refractivity contribution in [2.45, 2.75) is 13.2 Å². The van der Waals surface area contributed by atoms with E-state index >= 15 is 0 Å². The van der Waals surface area contributed by atoms with E-state index < -0.39 is 0 Å². The predicted octanol–water partition coefficient (Wildman–Crippen LogP) is 5.76. The number of rotatable bonds is 6. The number of benzene rings is 2. The summed E-state index contributed by atoms with van der Waals surface area (Å²) in [5.74, 6) is 1.60. The van der Waals surface area contributed by atoms with Crippen LogP contribution in [0.5, 0.6) is 11.5 Å². The zero-order chi connectivity index (χ0) is 16.8. The first-order valence-electron chi connectivity index (χ1n) is 7.42. The maximum Gasteiger partial charge on any atom is 0.134 e. The van der Waals surface area contributed by atoms with E-state index in [0.29, 0.717) is 13.2 Å². The van der Waals surface area contributed by atoms with Gasteiger partial charge >= 0.3 is 0 Å². The summed E-state index contributed by atoms with van der Waals surface area (Å²) >= 11 is 6.94. The highest BCUT2D eigenvalue weighted by Crippen LogP contribution is 2.25. The van der Waals surface area contributed by atoms with Crippen LogP contribution in [0.25, 0.3) is 0 Å². The van der Waals surface area contributed by atoms with Crippen LogP contribution in [0.3, 0.4) is 0 Å². The van der Waals surface area contributed by atoms with E-state index in [1.165, 1.54) is 0 Å². The molecular weight excluding hydrogens is 434 g/mol. The Morgan fingerprint density at radius 1 is 0.625 bits per heavy atom. The molecule has 122 valence electrons. The minimum absolute atomic E-state index is 0.408. The average molecular weight is 449 g/mol. The van der Waals surface area contributed by atoms with Gasteiger partial charge in [-0.3, -0.25) is 4.98 Å². The van der Waals surface area contributed by atoms with Gasteiger partial charge in [-0.2, -0.15) is 0 Å². The van der Waals surface area contributed by atoms with Gasteiger partial charge in [-0.25, -0.2) is 0 Å². The first-order valence-corrected chi connectivity index (χ1v) is 9.00. The van der Waals surface area contributed by atoms with Gasteiger partial charge in [0, 0.05) is 0 Å². The van der Waals surface area contributed by atoms with Crippen molar-refractivity contribution in [2.24, 2.45) is 0 Å². The van der Waals surface area contributed by atoms with E-state index in [2.05, 4.69) is 36.8 Å². The Labute approximate surface area is 157 Å². The van der Waals surface area contributed by atoms with Crippen molar-refractivity contribution in [3.05, 3.63) is 87.1 Å². The Morgan fingerprint density at radius 3 is 1.54 bits per heavy atom. The van der Waals surface area contributed by atoms with Crippen LogP contribution in [0.2, 0.25) is 0 Å². The van der Waals surface area contributed by atoms with Crippen molar-refractivity contribution in [3.63, 3.8) is 0 Å². The molecule has 0 saturated heterocycles. The van der Waals surface area contributed by atoms with Crippen LogP contribution < -0.4 is 9.47 Å². The van der Waals surface area contributed by atoms with Gasteiger partial charge in [0.15, 0.2) is 0 Å². The Hall–Kier alpha value is -1.85. The Balaban J connectivity index is 1.62. The maximum atomic E-state index is 5.80. The van der Waals surface area contributed by atoms with Gasteiger partial charge in [0.2, 0.25) is 0 Å². The lowest BCUT2D eigenvalue weighted by atomic mass is 10.3. The van der Waals surface area contributed by atoms with Crippen molar-refractivity contribution in [2.75, 3.05) is 0 Å². The molecule has 1 heterocycles. The highest BCUT2D eigenvalue weighted by molar-refractivity contribution is 9.10. The van der Waals surface area contributed by atoms with E-state index in [1.807, 2.05) is 66.7 Å². The van der Waals surface area contributed by atoms with Gasteiger partial charge < -0.3 is 9.47 Å². The van der Waals surface area contributed by atoms with Crippen molar-refractivity contribution in [3.8, 4) is 11.5 Å². The Bertz CT molecular complexity index is 759. The van der Waals surface area contributed by atoms with Crippen LogP contribution >= 0.6 is 31.9 Å². The van der Waals surface area contributed by atoms with E-state index in [1.54, 1.807) is 0 Å². The fourth-order valence-electron chi connectivity index (χ4n) is 2.12. The third-order valence-corrected chi connectivity index (χ3v) is 4.60. The number of nitrogens with zero attached hydrogens (tertiary/aromatic N) is 1. The number of aromatic nitrogens is 1. The molecule has 0 aliphatic carbocycles. The highest BCUT2D eigenvalue weighted by atomic mass is 79.9. The zero-order valence-electron chi connectivity index (χ0n) is 12.8. The predicted molar refractivity (Wildman–Crippen MR) is 101 cm³/mol. The molecule has 2 aromatic carbocycles. The average Bonchev–Trinajstić information content (AvgIpc) is 2.61. The molecule has 0 saturated carbocycles. The second-order valence-corrected chi connectivity index (χ2v) is 6.77. The van der Waals surface area contributed by atoms with Crippen LogP contribution in [-0.2, 0) is 13.2 Å². The van der Waals surface area contributed by atoms with Crippen molar-refractivity contribution in [1.82, 2.24) is 4.98 Å². The van der Waals surface area contributed by atoms with Crippen molar-refractivity contribution >= 4 is 31.9 Å². The molecule has 3 rings (SSSR count). The number of ether oxygens (including phenoxy) is 2. The lowest BCUT2D eigenvalue weighted by molar-refractivity contribution is 0.288. The SMILES string of the molecule is Brc1ccccc1OCc1cccc(COc2ccccc2Br)n1. The van der Waals surface area contributed by atoms with Crippen molar-refractivity contribution in [1.29, 1.82) is 0 Å². The molecule has 0 unspecified atom stereocenters. The van der Waals surface area contributed by atoms with Gasteiger partial charge in [0.05, 0.1) is 20.3 Å². The third kappa shape index (κ3) is 4.58. The van der Waals surface area contributed by atoms with Crippen LogP contribution in [-0.4, -0.2) is 4.98 Å². The number of hydrogen-bond donors (Lipinski definition) is 0. The summed E-state index contributed by atoms with van der Waals surface area (Å²) in [6, 6.07) is 21.4. The lowest BCUT2D eigenvalue weighted by Gasteiger charge is -2.10. The molecule has 0 fully saturated rings. The summed E-state index contributed by atoms with van der Waals surface area (Å²) in [5, 5.41) is 0. The second kappa shape index (κ2) is 8.31. The normalized spacial score (nSPS) is 10.4. The molecule has 0 amide bonds. The highest BCUT2D eigenvalue weighted by Gasteiger charge is 2.04. The van der Waals surface area contributed by atoms with Gasteiger partial charge in [0.25, 0.3) is 0 Å². The Morgan fingerprint density at radius 2 is 1.08 bits per heavy atom. The smallest absolute Gasteiger partial charge is 0.134 e. The summed E-state index contributed by atoms with van der Waals surface area (Å²) in [6.07, 6.45) is 0. The summed E-state index contributed by atoms with van der Waals surface area (Å²) < 4.78 is 13.5.